The lowest BCUT2D eigenvalue weighted by atomic mass is 9.91. The van der Waals surface area contributed by atoms with Gasteiger partial charge < -0.3 is 9.30 Å². The van der Waals surface area contributed by atoms with Gasteiger partial charge in [0.25, 0.3) is 0 Å². The Morgan fingerprint density at radius 2 is 2.40 bits per heavy atom. The molecule has 0 spiro atoms. The Kier molecular flexibility index (Phi) is 2.61. The Morgan fingerprint density at radius 3 is 2.93 bits per heavy atom. The number of hydrogen-bond acceptors (Lipinski definition) is 3. The van der Waals surface area contributed by atoms with E-state index in [4.69, 9.17) is 4.74 Å². The van der Waals surface area contributed by atoms with E-state index in [2.05, 4.69) is 4.98 Å². The standard InChI is InChI=1S/C11H16N2O2/c1-11(5-3-4-8-15-11)9(14)10-12-6-7-13(10)2/h6-7H,3-5,8H2,1-2H3. The summed E-state index contributed by atoms with van der Waals surface area (Å²) in [4.78, 5) is 16.3. The smallest absolute Gasteiger partial charge is 0.229 e. The van der Waals surface area contributed by atoms with Crippen LogP contribution in [0.1, 0.15) is 36.8 Å². The van der Waals surface area contributed by atoms with E-state index in [1.807, 2.05) is 14.0 Å². The number of Topliss-reactive ketones (excluding diaryl/α,β-unsaturated/α-hetero) is 1. The molecule has 1 aromatic heterocycles. The molecule has 0 radical (unpaired) electrons. The zero-order chi connectivity index (χ0) is 10.9. The first kappa shape index (κ1) is 10.4. The van der Waals surface area contributed by atoms with E-state index in [0.29, 0.717) is 12.4 Å². The number of aromatic nitrogens is 2. The largest absolute Gasteiger partial charge is 0.367 e. The van der Waals surface area contributed by atoms with Gasteiger partial charge in [0, 0.05) is 26.0 Å². The summed E-state index contributed by atoms with van der Waals surface area (Å²) < 4.78 is 7.34. The summed E-state index contributed by atoms with van der Waals surface area (Å²) in [5.74, 6) is 0.481. The number of ether oxygens (including phenoxy) is 1. The molecular formula is C11H16N2O2. The predicted octanol–water partition coefficient (Wildman–Crippen LogP) is 1.56. The molecule has 0 amide bonds. The van der Waals surface area contributed by atoms with Crippen LogP contribution in [-0.2, 0) is 11.8 Å². The molecule has 1 saturated heterocycles. The van der Waals surface area contributed by atoms with Crippen molar-refractivity contribution < 1.29 is 9.53 Å². The summed E-state index contributed by atoms with van der Waals surface area (Å²) in [6.07, 6.45) is 6.30. The minimum absolute atomic E-state index is 0.00491. The summed E-state index contributed by atoms with van der Waals surface area (Å²) in [5, 5.41) is 0. The van der Waals surface area contributed by atoms with Gasteiger partial charge in [-0.25, -0.2) is 4.98 Å². The maximum atomic E-state index is 12.2. The van der Waals surface area contributed by atoms with Crippen molar-refractivity contribution in [3.8, 4) is 0 Å². The maximum Gasteiger partial charge on any atom is 0.229 e. The number of aryl methyl sites for hydroxylation is 1. The van der Waals surface area contributed by atoms with Crippen molar-refractivity contribution >= 4 is 5.78 Å². The second-order valence-electron chi connectivity index (χ2n) is 4.23. The molecule has 0 aliphatic carbocycles. The highest BCUT2D eigenvalue weighted by molar-refractivity contribution is 5.99. The highest BCUT2D eigenvalue weighted by Gasteiger charge is 2.38. The number of nitrogens with zero attached hydrogens (tertiary/aromatic N) is 2. The Labute approximate surface area is 89.3 Å². The van der Waals surface area contributed by atoms with Crippen molar-refractivity contribution in [3.05, 3.63) is 18.2 Å². The highest BCUT2D eigenvalue weighted by atomic mass is 16.5. The molecule has 2 heterocycles. The van der Waals surface area contributed by atoms with Crippen LogP contribution in [0.3, 0.4) is 0 Å². The zero-order valence-electron chi connectivity index (χ0n) is 9.19. The van der Waals surface area contributed by atoms with E-state index < -0.39 is 5.60 Å². The second kappa shape index (κ2) is 3.77. The van der Waals surface area contributed by atoms with Gasteiger partial charge in [-0.3, -0.25) is 4.79 Å². The monoisotopic (exact) mass is 208 g/mol. The Balaban J connectivity index is 2.23. The van der Waals surface area contributed by atoms with Crippen LogP contribution in [0.25, 0.3) is 0 Å². The average molecular weight is 208 g/mol. The summed E-state index contributed by atoms with van der Waals surface area (Å²) >= 11 is 0. The fourth-order valence-corrected chi connectivity index (χ4v) is 1.93. The van der Waals surface area contributed by atoms with Crippen molar-refractivity contribution in [2.24, 2.45) is 7.05 Å². The molecule has 0 aromatic carbocycles. The topological polar surface area (TPSA) is 44.1 Å². The van der Waals surface area contributed by atoms with E-state index in [1.54, 1.807) is 17.0 Å². The molecule has 4 heteroatoms. The number of ketones is 1. The lowest BCUT2D eigenvalue weighted by molar-refractivity contribution is -0.0433. The Bertz CT molecular complexity index is 364. The highest BCUT2D eigenvalue weighted by Crippen LogP contribution is 2.27. The lowest BCUT2D eigenvalue weighted by Gasteiger charge is -2.31. The van der Waals surface area contributed by atoms with E-state index in [9.17, 15) is 4.79 Å². The molecule has 1 aliphatic heterocycles. The number of imidazole rings is 1. The number of carbonyl (C=O) groups is 1. The molecular weight excluding hydrogens is 192 g/mol. The van der Waals surface area contributed by atoms with Crippen molar-refractivity contribution in [1.82, 2.24) is 9.55 Å². The fraction of sp³-hybridized carbons (Fsp3) is 0.636. The first-order chi connectivity index (χ1) is 7.13. The van der Waals surface area contributed by atoms with Crippen LogP contribution in [0.15, 0.2) is 12.4 Å². The average Bonchev–Trinajstić information content (AvgIpc) is 2.64. The normalized spacial score (nSPS) is 26.5. The molecule has 4 nitrogen and oxygen atoms in total. The SMILES string of the molecule is Cn1ccnc1C(=O)C1(C)CCCCO1. The van der Waals surface area contributed by atoms with Crippen LogP contribution < -0.4 is 0 Å². The molecule has 1 atom stereocenters. The van der Waals surface area contributed by atoms with Gasteiger partial charge in [0.15, 0.2) is 5.82 Å². The quantitative estimate of drug-likeness (QED) is 0.693. The molecule has 0 N–H and O–H groups in total. The van der Waals surface area contributed by atoms with Crippen LogP contribution >= 0.6 is 0 Å². The van der Waals surface area contributed by atoms with E-state index >= 15 is 0 Å². The van der Waals surface area contributed by atoms with Gasteiger partial charge in [-0.1, -0.05) is 0 Å². The first-order valence-electron chi connectivity index (χ1n) is 5.29. The van der Waals surface area contributed by atoms with Crippen LogP contribution in [0.2, 0.25) is 0 Å². The van der Waals surface area contributed by atoms with Gasteiger partial charge >= 0.3 is 0 Å². The van der Waals surface area contributed by atoms with E-state index in [1.165, 1.54) is 0 Å². The molecule has 0 saturated carbocycles. The molecule has 1 aliphatic rings. The third-order valence-corrected chi connectivity index (χ3v) is 2.97. The molecule has 2 rings (SSSR count). The van der Waals surface area contributed by atoms with Crippen molar-refractivity contribution in [3.63, 3.8) is 0 Å². The summed E-state index contributed by atoms with van der Waals surface area (Å²) in [6, 6.07) is 0. The molecule has 0 bridgehead atoms. The molecule has 1 aromatic rings. The van der Waals surface area contributed by atoms with Crippen LogP contribution in [0.4, 0.5) is 0 Å². The van der Waals surface area contributed by atoms with Crippen LogP contribution in [-0.4, -0.2) is 27.5 Å². The van der Waals surface area contributed by atoms with Gasteiger partial charge in [-0.05, 0) is 26.2 Å². The molecule has 1 fully saturated rings. The summed E-state index contributed by atoms with van der Waals surface area (Å²) in [5.41, 5.74) is -0.669. The Morgan fingerprint density at radius 1 is 1.60 bits per heavy atom. The molecule has 82 valence electrons. The second-order valence-corrected chi connectivity index (χ2v) is 4.23. The van der Waals surface area contributed by atoms with Crippen LogP contribution in [0.5, 0.6) is 0 Å². The van der Waals surface area contributed by atoms with Gasteiger partial charge in [0.1, 0.15) is 5.60 Å². The van der Waals surface area contributed by atoms with Gasteiger partial charge in [-0.2, -0.15) is 0 Å². The third-order valence-electron chi connectivity index (χ3n) is 2.97. The lowest BCUT2D eigenvalue weighted by Crippen LogP contribution is -2.42. The summed E-state index contributed by atoms with van der Waals surface area (Å²) in [7, 11) is 1.83. The van der Waals surface area contributed by atoms with Gasteiger partial charge in [0.05, 0.1) is 0 Å². The first-order valence-corrected chi connectivity index (χ1v) is 5.29. The Hall–Kier alpha value is -1.16. The van der Waals surface area contributed by atoms with Gasteiger partial charge in [-0.15, -0.1) is 0 Å². The maximum absolute atomic E-state index is 12.2. The van der Waals surface area contributed by atoms with E-state index in [-0.39, 0.29) is 5.78 Å². The predicted molar refractivity (Wildman–Crippen MR) is 55.7 cm³/mol. The van der Waals surface area contributed by atoms with Crippen LogP contribution in [0, 0.1) is 0 Å². The van der Waals surface area contributed by atoms with Crippen molar-refractivity contribution in [2.45, 2.75) is 31.8 Å². The third kappa shape index (κ3) is 1.81. The minimum atomic E-state index is -0.669. The molecule has 1 unspecified atom stereocenters. The van der Waals surface area contributed by atoms with Gasteiger partial charge in [0.2, 0.25) is 5.78 Å². The van der Waals surface area contributed by atoms with E-state index in [0.717, 1.165) is 19.3 Å². The van der Waals surface area contributed by atoms with Crippen molar-refractivity contribution in [2.75, 3.05) is 6.61 Å². The number of carbonyl (C=O) groups excluding carboxylic acids is 1. The number of rotatable bonds is 2. The number of hydrogen-bond donors (Lipinski definition) is 0. The molecule has 15 heavy (non-hydrogen) atoms. The van der Waals surface area contributed by atoms with Crippen molar-refractivity contribution in [1.29, 1.82) is 0 Å². The fourth-order valence-electron chi connectivity index (χ4n) is 1.93. The zero-order valence-corrected chi connectivity index (χ0v) is 9.19. The summed E-state index contributed by atoms with van der Waals surface area (Å²) in [6.45, 7) is 2.54. The minimum Gasteiger partial charge on any atom is -0.367 e.